The molecule has 8 heteroatoms. The van der Waals surface area contributed by atoms with Crippen LogP contribution in [0.4, 0.5) is 0 Å². The summed E-state index contributed by atoms with van der Waals surface area (Å²) in [5.74, 6) is 1.22. The second kappa shape index (κ2) is 15.1. The van der Waals surface area contributed by atoms with Crippen LogP contribution in [0.1, 0.15) is 12.5 Å². The normalized spacial score (nSPS) is 11.0. The Bertz CT molecular complexity index is 435. The van der Waals surface area contributed by atoms with Gasteiger partial charge in [0.05, 0.1) is 13.2 Å². The van der Waals surface area contributed by atoms with Crippen molar-refractivity contribution in [1.29, 1.82) is 0 Å². The van der Waals surface area contributed by atoms with E-state index in [1.165, 1.54) is 0 Å². The molecule has 0 spiro atoms. The van der Waals surface area contributed by atoms with E-state index in [1.54, 1.807) is 0 Å². The van der Waals surface area contributed by atoms with E-state index in [1.807, 2.05) is 25.1 Å². The molecule has 0 aliphatic carbocycles. The molecule has 0 saturated heterocycles. The molecule has 0 aromatic heterocycles. The third-order valence-electron chi connectivity index (χ3n) is 2.89. The quantitative estimate of drug-likeness (QED) is 0.150. The fraction of sp³-hybridized carbons (Fsp3) is 0.625. The zero-order valence-corrected chi connectivity index (χ0v) is 17.4. The fourth-order valence-electron chi connectivity index (χ4n) is 1.86. The van der Waals surface area contributed by atoms with Gasteiger partial charge in [0.1, 0.15) is 0 Å². The van der Waals surface area contributed by atoms with Crippen LogP contribution in [-0.2, 0) is 20.8 Å². The Morgan fingerprint density at radius 1 is 0.958 bits per heavy atom. The summed E-state index contributed by atoms with van der Waals surface area (Å²) in [7, 11) is 0. The third kappa shape index (κ3) is 9.34. The van der Waals surface area contributed by atoms with Crippen LogP contribution in [0.2, 0.25) is 0 Å². The molecule has 0 bridgehead atoms. The molecule has 0 saturated carbocycles. The van der Waals surface area contributed by atoms with Gasteiger partial charge < -0.3 is 9.84 Å². The first-order valence-corrected chi connectivity index (χ1v) is 13.5. The first-order chi connectivity index (χ1) is 11.8. The topological polar surface area (TPSA) is 66.4 Å². The SMILES string of the molecule is CCOc1cccc(CO)c1OCCOCCOCCOC[I-]P. The molecule has 1 aromatic rings. The zero-order valence-electron chi connectivity index (χ0n) is 14.0. The predicted octanol–water partition coefficient (Wildman–Crippen LogP) is -1.16. The number of aliphatic hydroxyl groups is 1. The number of hydrogen-bond donors (Lipinski definition) is 1. The van der Waals surface area contributed by atoms with Crippen LogP contribution in [0.25, 0.3) is 0 Å². The summed E-state index contributed by atoms with van der Waals surface area (Å²) in [5.41, 5.74) is 0.706. The molecule has 0 heterocycles. The molecule has 0 radical (unpaired) electrons. The Labute approximate surface area is 156 Å². The summed E-state index contributed by atoms with van der Waals surface area (Å²) in [5, 5.41) is 9.40. The maximum atomic E-state index is 9.40. The van der Waals surface area contributed by atoms with Gasteiger partial charge in [-0.05, 0) is 13.0 Å². The summed E-state index contributed by atoms with van der Waals surface area (Å²) >= 11 is 0.118. The molecule has 1 aromatic carbocycles. The second-order valence-corrected chi connectivity index (χ2v) is 8.15. The van der Waals surface area contributed by atoms with Gasteiger partial charge in [-0.3, -0.25) is 0 Å². The van der Waals surface area contributed by atoms with Gasteiger partial charge in [-0.2, -0.15) is 0 Å². The van der Waals surface area contributed by atoms with Crippen molar-refractivity contribution in [2.24, 2.45) is 0 Å². The zero-order chi connectivity index (χ0) is 17.5. The van der Waals surface area contributed by atoms with Crippen molar-refractivity contribution in [3.05, 3.63) is 23.8 Å². The molecule has 0 fully saturated rings. The Balaban J connectivity index is 2.15. The molecular formula is C16H27IO6P-. The van der Waals surface area contributed by atoms with Gasteiger partial charge in [-0.25, -0.2) is 0 Å². The molecule has 140 valence electrons. The van der Waals surface area contributed by atoms with Gasteiger partial charge in [-0.1, -0.05) is 12.1 Å². The Morgan fingerprint density at radius 2 is 1.62 bits per heavy atom. The number of ether oxygens (including phenoxy) is 5. The van der Waals surface area contributed by atoms with Crippen molar-refractivity contribution in [1.82, 2.24) is 0 Å². The third-order valence-corrected chi connectivity index (χ3v) is 4.53. The number of hydrogen-bond acceptors (Lipinski definition) is 6. The molecule has 1 atom stereocenters. The van der Waals surface area contributed by atoms with E-state index in [0.29, 0.717) is 63.3 Å². The maximum absolute atomic E-state index is 9.40. The predicted molar refractivity (Wildman–Crippen MR) is 91.2 cm³/mol. The Morgan fingerprint density at radius 3 is 2.25 bits per heavy atom. The van der Waals surface area contributed by atoms with E-state index in [-0.39, 0.29) is 27.3 Å². The number of halogens is 1. The molecule has 0 aliphatic heterocycles. The van der Waals surface area contributed by atoms with Crippen molar-refractivity contribution in [3.8, 4) is 11.5 Å². The Hall–Kier alpha value is -0.180. The molecule has 0 aliphatic rings. The monoisotopic (exact) mass is 473 g/mol. The minimum atomic E-state index is -0.0916. The van der Waals surface area contributed by atoms with E-state index in [0.717, 1.165) is 4.61 Å². The van der Waals surface area contributed by atoms with Crippen LogP contribution in [0.5, 0.6) is 11.5 Å². The summed E-state index contributed by atoms with van der Waals surface area (Å²) in [6.07, 6.45) is 0. The number of rotatable bonds is 15. The first-order valence-electron chi connectivity index (χ1n) is 7.82. The van der Waals surface area contributed by atoms with Gasteiger partial charge in [-0.15, -0.1) is 0 Å². The average Bonchev–Trinajstić information content (AvgIpc) is 2.60. The van der Waals surface area contributed by atoms with Crippen molar-refractivity contribution >= 4 is 6.88 Å². The minimum absolute atomic E-state index is 0.0916. The Kier molecular flexibility index (Phi) is 13.8. The standard InChI is InChI=1S/C16H27IO6P/c1-2-22-15-5-3-4-14(12-18)16(15)23-11-10-20-7-6-19-8-9-21-13-17-24/h3-5,18H,2,6-13,24H2,1H3/q-1. The van der Waals surface area contributed by atoms with Crippen molar-refractivity contribution in [3.63, 3.8) is 0 Å². The molecule has 1 unspecified atom stereocenters. The van der Waals surface area contributed by atoms with Crippen molar-refractivity contribution in [2.75, 3.05) is 50.9 Å². The molecular weight excluding hydrogens is 446 g/mol. The van der Waals surface area contributed by atoms with Gasteiger partial charge in [0.2, 0.25) is 0 Å². The molecule has 24 heavy (non-hydrogen) atoms. The van der Waals surface area contributed by atoms with Gasteiger partial charge in [0.25, 0.3) is 0 Å². The van der Waals surface area contributed by atoms with Gasteiger partial charge in [0.15, 0.2) is 5.75 Å². The molecule has 1 N–H and O–H groups in total. The van der Waals surface area contributed by atoms with Crippen LogP contribution in [0.3, 0.4) is 0 Å². The first kappa shape index (κ1) is 21.9. The van der Waals surface area contributed by atoms with E-state index >= 15 is 0 Å². The van der Waals surface area contributed by atoms with Crippen LogP contribution in [-0.4, -0.2) is 56.0 Å². The molecule has 0 amide bonds. The van der Waals surface area contributed by atoms with E-state index in [4.69, 9.17) is 23.7 Å². The van der Waals surface area contributed by atoms with Crippen molar-refractivity contribution < 1.29 is 49.4 Å². The molecule has 6 nitrogen and oxygen atoms in total. The fourth-order valence-corrected chi connectivity index (χ4v) is 3.02. The number of benzene rings is 1. The summed E-state index contributed by atoms with van der Waals surface area (Å²) < 4.78 is 28.3. The van der Waals surface area contributed by atoms with Crippen molar-refractivity contribution in [2.45, 2.75) is 13.5 Å². The summed E-state index contributed by atoms with van der Waals surface area (Å²) in [6, 6.07) is 5.48. The van der Waals surface area contributed by atoms with Gasteiger partial charge >= 0.3 is 96.5 Å². The molecule has 1 rings (SSSR count). The average molecular weight is 473 g/mol. The van der Waals surface area contributed by atoms with Crippen LogP contribution < -0.4 is 30.1 Å². The van der Waals surface area contributed by atoms with Crippen LogP contribution in [0.15, 0.2) is 18.2 Å². The summed E-state index contributed by atoms with van der Waals surface area (Å²) in [6.45, 7) is 8.20. The number of para-hydroxylation sites is 1. The van der Waals surface area contributed by atoms with E-state index < -0.39 is 0 Å². The summed E-state index contributed by atoms with van der Waals surface area (Å²) in [4.78, 5) is 0. The van der Waals surface area contributed by atoms with Gasteiger partial charge in [0, 0.05) is 5.56 Å². The number of alkyl halides is 1. The van der Waals surface area contributed by atoms with E-state index in [9.17, 15) is 5.11 Å². The van der Waals surface area contributed by atoms with E-state index in [2.05, 4.69) is 6.88 Å². The second-order valence-electron chi connectivity index (χ2n) is 4.58. The number of aliphatic hydroxyl groups excluding tert-OH is 1. The van der Waals surface area contributed by atoms with Crippen LogP contribution >= 0.6 is 6.88 Å². The van der Waals surface area contributed by atoms with Crippen LogP contribution in [0, 0.1) is 0 Å².